The Labute approximate surface area is 199 Å². The van der Waals surface area contributed by atoms with E-state index < -0.39 is 6.04 Å². The summed E-state index contributed by atoms with van der Waals surface area (Å²) in [5.74, 6) is 3.23. The molecule has 0 N–H and O–H groups in total. The van der Waals surface area contributed by atoms with Crippen molar-refractivity contribution in [3.05, 3.63) is 30.2 Å². The minimum absolute atomic E-state index is 0.105. The molecule has 1 aromatic heterocycles. The quantitative estimate of drug-likeness (QED) is 0.595. The lowest BCUT2D eigenvalue weighted by atomic mass is 9.49. The summed E-state index contributed by atoms with van der Waals surface area (Å²) in [6, 6.07) is 6.84. The van der Waals surface area contributed by atoms with Gasteiger partial charge in [0.05, 0.1) is 12.5 Å². The molecule has 5 aliphatic rings. The third kappa shape index (κ3) is 3.77. The van der Waals surface area contributed by atoms with Gasteiger partial charge in [0.25, 0.3) is 5.89 Å². The molecule has 8 nitrogen and oxygen atoms in total. The van der Waals surface area contributed by atoms with Gasteiger partial charge in [-0.1, -0.05) is 17.3 Å². The fraction of sp³-hybridized carbons (Fsp3) is 0.615. The monoisotopic (exact) mass is 465 g/mol. The molecule has 1 amide bonds. The molecule has 0 unspecified atom stereocenters. The summed E-state index contributed by atoms with van der Waals surface area (Å²) in [5.41, 5.74) is 0.513. The van der Waals surface area contributed by atoms with Crippen LogP contribution in [-0.4, -0.2) is 46.6 Å². The Morgan fingerprint density at radius 3 is 2.59 bits per heavy atom. The molecule has 1 aliphatic heterocycles. The molecule has 34 heavy (non-hydrogen) atoms. The number of esters is 1. The number of nitrogens with zero attached hydrogens (tertiary/aromatic N) is 3. The van der Waals surface area contributed by atoms with Gasteiger partial charge < -0.3 is 18.9 Å². The average Bonchev–Trinajstić information content (AvgIpc) is 3.51. The van der Waals surface area contributed by atoms with E-state index >= 15 is 0 Å². The highest BCUT2D eigenvalue weighted by Gasteiger charge is 2.57. The molecule has 4 aliphatic carbocycles. The Kier molecular flexibility index (Phi) is 5.34. The number of rotatable bonds is 6. The van der Waals surface area contributed by atoms with Crippen LogP contribution in [0.1, 0.15) is 57.3 Å². The fourth-order valence-corrected chi connectivity index (χ4v) is 7.35. The Morgan fingerprint density at radius 1 is 1.15 bits per heavy atom. The third-order valence-electron chi connectivity index (χ3n) is 8.41. The second-order valence-electron chi connectivity index (χ2n) is 10.7. The van der Waals surface area contributed by atoms with E-state index in [4.69, 9.17) is 14.0 Å². The van der Waals surface area contributed by atoms with E-state index in [1.54, 1.807) is 7.11 Å². The summed E-state index contributed by atoms with van der Waals surface area (Å²) < 4.78 is 16.1. The second kappa shape index (κ2) is 8.40. The van der Waals surface area contributed by atoms with E-state index in [9.17, 15) is 9.59 Å². The smallest absolute Gasteiger partial charge is 0.329 e. The molecule has 5 fully saturated rings. The summed E-state index contributed by atoms with van der Waals surface area (Å²) in [6.45, 7) is 0.534. The van der Waals surface area contributed by atoms with Crippen molar-refractivity contribution < 1.29 is 23.6 Å². The fourth-order valence-electron chi connectivity index (χ4n) is 7.35. The predicted octanol–water partition coefficient (Wildman–Crippen LogP) is 4.00. The Balaban J connectivity index is 1.10. The SMILES string of the molecule is COc1cccc(-c2noc(COC(=O)[C@@H]3CCCN3C(=O)C34CC5CC(CC(C5)C3)C4)n2)c1. The minimum Gasteiger partial charge on any atom is -0.497 e. The summed E-state index contributed by atoms with van der Waals surface area (Å²) in [4.78, 5) is 32.9. The highest BCUT2D eigenvalue weighted by molar-refractivity contribution is 5.89. The van der Waals surface area contributed by atoms with Gasteiger partial charge in [-0.15, -0.1) is 0 Å². The molecule has 1 atom stereocenters. The molecule has 0 spiro atoms. The van der Waals surface area contributed by atoms with Crippen molar-refractivity contribution in [3.63, 3.8) is 0 Å². The first-order valence-corrected chi connectivity index (χ1v) is 12.5. The van der Waals surface area contributed by atoms with Crippen molar-refractivity contribution in [1.29, 1.82) is 0 Å². The van der Waals surface area contributed by atoms with Crippen LogP contribution in [0.5, 0.6) is 5.75 Å². The molecule has 7 rings (SSSR count). The van der Waals surface area contributed by atoms with Crippen molar-refractivity contribution in [2.45, 2.75) is 64.0 Å². The number of ether oxygens (including phenoxy) is 2. The molecule has 4 bridgehead atoms. The number of carbonyl (C=O) groups is 2. The summed E-state index contributed by atoms with van der Waals surface area (Å²) >= 11 is 0. The molecule has 1 aromatic carbocycles. The van der Waals surface area contributed by atoms with Crippen LogP contribution < -0.4 is 4.74 Å². The topological polar surface area (TPSA) is 94.8 Å². The Hall–Kier alpha value is -2.90. The van der Waals surface area contributed by atoms with Crippen LogP contribution in [0.4, 0.5) is 0 Å². The number of hydrogen-bond donors (Lipinski definition) is 0. The molecule has 1 saturated heterocycles. The first kappa shape index (κ1) is 21.6. The summed E-state index contributed by atoms with van der Waals surface area (Å²) in [7, 11) is 1.60. The highest BCUT2D eigenvalue weighted by atomic mass is 16.6. The molecule has 0 radical (unpaired) electrons. The predicted molar refractivity (Wildman–Crippen MR) is 121 cm³/mol. The lowest BCUT2D eigenvalue weighted by molar-refractivity contribution is -0.166. The number of likely N-dealkylation sites (tertiary alicyclic amines) is 1. The van der Waals surface area contributed by atoms with Gasteiger partial charge in [0, 0.05) is 12.1 Å². The number of benzene rings is 1. The Morgan fingerprint density at radius 2 is 1.88 bits per heavy atom. The first-order chi connectivity index (χ1) is 16.5. The lowest BCUT2D eigenvalue weighted by Gasteiger charge is -2.56. The molecule has 8 heteroatoms. The van der Waals surface area contributed by atoms with Gasteiger partial charge in [0.1, 0.15) is 11.8 Å². The third-order valence-corrected chi connectivity index (χ3v) is 8.41. The van der Waals surface area contributed by atoms with E-state index in [2.05, 4.69) is 10.1 Å². The van der Waals surface area contributed by atoms with E-state index in [0.717, 1.165) is 31.2 Å². The largest absolute Gasteiger partial charge is 0.497 e. The maximum Gasteiger partial charge on any atom is 0.329 e. The van der Waals surface area contributed by atoms with Crippen LogP contribution in [0.2, 0.25) is 0 Å². The zero-order valence-electron chi connectivity index (χ0n) is 19.6. The molecular weight excluding hydrogens is 434 g/mol. The molecule has 2 heterocycles. The zero-order valence-corrected chi connectivity index (χ0v) is 19.6. The molecule has 2 aromatic rings. The molecule has 180 valence electrons. The van der Waals surface area contributed by atoms with Gasteiger partial charge in [-0.2, -0.15) is 4.98 Å². The van der Waals surface area contributed by atoms with Crippen LogP contribution in [-0.2, 0) is 20.9 Å². The lowest BCUT2D eigenvalue weighted by Crippen LogP contribution is -2.56. The second-order valence-corrected chi connectivity index (χ2v) is 10.7. The number of aromatic nitrogens is 2. The van der Waals surface area contributed by atoms with Crippen LogP contribution in [0, 0.1) is 23.2 Å². The van der Waals surface area contributed by atoms with Crippen LogP contribution in [0.15, 0.2) is 28.8 Å². The van der Waals surface area contributed by atoms with Crippen molar-refractivity contribution in [3.8, 4) is 17.1 Å². The minimum atomic E-state index is -0.513. The van der Waals surface area contributed by atoms with Crippen molar-refractivity contribution in [2.75, 3.05) is 13.7 Å². The molecular formula is C26H31N3O5. The Bertz CT molecular complexity index is 1060. The van der Waals surface area contributed by atoms with Crippen molar-refractivity contribution in [2.24, 2.45) is 23.2 Å². The van der Waals surface area contributed by atoms with E-state index in [0.29, 0.717) is 42.3 Å². The van der Waals surface area contributed by atoms with E-state index in [1.807, 2.05) is 29.2 Å². The van der Waals surface area contributed by atoms with E-state index in [1.165, 1.54) is 19.3 Å². The standard InChI is InChI=1S/C26H31N3O5/c1-32-20-5-2-4-19(11-20)23-27-22(34-28-23)15-33-24(30)21-6-3-7-29(21)25(31)26-12-16-8-17(13-26)10-18(9-16)14-26/h2,4-5,11,16-18,21H,3,6-10,12-15H2,1H3/t16?,17?,18?,21-,26?/m0/s1. The van der Waals surface area contributed by atoms with Gasteiger partial charge in [0.15, 0.2) is 6.61 Å². The van der Waals surface area contributed by atoms with Crippen LogP contribution in [0.25, 0.3) is 11.4 Å². The maximum atomic E-state index is 13.8. The summed E-state index contributed by atoms with van der Waals surface area (Å²) in [5, 5.41) is 3.99. The van der Waals surface area contributed by atoms with Crippen molar-refractivity contribution >= 4 is 11.9 Å². The van der Waals surface area contributed by atoms with E-state index in [-0.39, 0.29) is 29.8 Å². The number of amides is 1. The normalized spacial score (nSPS) is 31.6. The van der Waals surface area contributed by atoms with Gasteiger partial charge in [-0.3, -0.25) is 4.79 Å². The van der Waals surface area contributed by atoms with Crippen molar-refractivity contribution in [1.82, 2.24) is 15.0 Å². The van der Waals surface area contributed by atoms with Crippen LogP contribution >= 0.6 is 0 Å². The van der Waals surface area contributed by atoms with Gasteiger partial charge in [-0.25, -0.2) is 4.79 Å². The zero-order chi connectivity index (χ0) is 23.3. The van der Waals surface area contributed by atoms with Gasteiger partial charge in [0.2, 0.25) is 11.7 Å². The number of hydrogen-bond acceptors (Lipinski definition) is 7. The van der Waals surface area contributed by atoms with Gasteiger partial charge >= 0.3 is 5.97 Å². The summed E-state index contributed by atoms with van der Waals surface area (Å²) in [6.07, 6.45) is 8.37. The molecule has 4 saturated carbocycles. The maximum absolute atomic E-state index is 13.8. The average molecular weight is 466 g/mol. The van der Waals surface area contributed by atoms with Crippen LogP contribution in [0.3, 0.4) is 0 Å². The number of carbonyl (C=O) groups excluding carboxylic acids is 2. The highest BCUT2D eigenvalue weighted by Crippen LogP contribution is 2.60. The first-order valence-electron chi connectivity index (χ1n) is 12.5. The van der Waals surface area contributed by atoms with Gasteiger partial charge in [-0.05, 0) is 81.3 Å². The number of methoxy groups -OCH3 is 1.